The summed E-state index contributed by atoms with van der Waals surface area (Å²) < 4.78 is 6.76. The van der Waals surface area contributed by atoms with Gasteiger partial charge >= 0.3 is 6.09 Å². The minimum Gasteiger partial charge on any atom is -0.465 e. The molecule has 0 aliphatic heterocycles. The zero-order chi connectivity index (χ0) is 10.4. The van der Waals surface area contributed by atoms with Crippen LogP contribution >= 0.6 is 0 Å². The maximum Gasteiger partial charge on any atom is 0.404 e. The quantitative estimate of drug-likeness (QED) is 0.715. The number of imidazole rings is 1. The van der Waals surface area contributed by atoms with Gasteiger partial charge in [0.1, 0.15) is 0 Å². The van der Waals surface area contributed by atoms with Crippen LogP contribution in [0.5, 0.6) is 0 Å². The van der Waals surface area contributed by atoms with E-state index in [1.54, 1.807) is 19.6 Å². The molecule has 0 radical (unpaired) electrons. The molecular weight excluding hydrogens is 186 g/mol. The predicted octanol–water partition coefficient (Wildman–Crippen LogP) is 0.297. The van der Waals surface area contributed by atoms with Crippen LogP contribution in [-0.2, 0) is 17.8 Å². The first-order valence-corrected chi connectivity index (χ1v) is 4.18. The molecule has 1 heterocycles. The smallest absolute Gasteiger partial charge is 0.404 e. The molecule has 0 aliphatic rings. The van der Waals surface area contributed by atoms with E-state index in [4.69, 9.17) is 9.84 Å². The van der Waals surface area contributed by atoms with Gasteiger partial charge < -0.3 is 19.7 Å². The topological polar surface area (TPSA) is 76.4 Å². The van der Waals surface area contributed by atoms with Crippen molar-refractivity contribution in [3.05, 3.63) is 18.2 Å². The molecule has 1 aromatic heterocycles. The summed E-state index contributed by atoms with van der Waals surface area (Å²) in [4.78, 5) is 14.2. The number of rotatable bonds is 5. The first kappa shape index (κ1) is 10.5. The molecule has 1 amide bonds. The summed E-state index contributed by atoms with van der Waals surface area (Å²) in [5.41, 5.74) is 0.824. The number of nitrogens with zero attached hydrogens (tertiary/aromatic N) is 2. The third-order valence-corrected chi connectivity index (χ3v) is 1.76. The number of hydrogen-bond donors (Lipinski definition) is 2. The Morgan fingerprint density at radius 3 is 3.21 bits per heavy atom. The van der Waals surface area contributed by atoms with Crippen LogP contribution in [0.25, 0.3) is 0 Å². The molecule has 6 heteroatoms. The van der Waals surface area contributed by atoms with Crippen LogP contribution in [0, 0.1) is 0 Å². The van der Waals surface area contributed by atoms with Crippen LogP contribution in [-0.4, -0.2) is 34.5 Å². The van der Waals surface area contributed by atoms with Crippen molar-refractivity contribution >= 4 is 6.09 Å². The molecule has 0 saturated heterocycles. The number of methoxy groups -OCH3 is 1. The van der Waals surface area contributed by atoms with Crippen LogP contribution in [0.4, 0.5) is 4.79 Å². The minimum absolute atomic E-state index is 0.263. The highest BCUT2D eigenvalue weighted by molar-refractivity contribution is 5.64. The van der Waals surface area contributed by atoms with Gasteiger partial charge in [0.05, 0.1) is 25.2 Å². The molecule has 1 rings (SSSR count). The minimum atomic E-state index is -1.04. The van der Waals surface area contributed by atoms with Crippen molar-refractivity contribution in [3.63, 3.8) is 0 Å². The fourth-order valence-corrected chi connectivity index (χ4v) is 1.05. The zero-order valence-electron chi connectivity index (χ0n) is 7.93. The summed E-state index contributed by atoms with van der Waals surface area (Å²) >= 11 is 0. The van der Waals surface area contributed by atoms with Gasteiger partial charge in [-0.3, -0.25) is 0 Å². The van der Waals surface area contributed by atoms with Crippen LogP contribution in [0.2, 0.25) is 0 Å². The summed E-state index contributed by atoms with van der Waals surface area (Å²) in [6.45, 7) is 1.52. The van der Waals surface area contributed by atoms with Crippen LogP contribution in [0.3, 0.4) is 0 Å². The molecule has 0 saturated carbocycles. The van der Waals surface area contributed by atoms with Gasteiger partial charge in [-0.15, -0.1) is 0 Å². The molecule has 1 aromatic rings. The van der Waals surface area contributed by atoms with Crippen LogP contribution in [0.1, 0.15) is 5.69 Å². The predicted molar refractivity (Wildman–Crippen MR) is 49.0 cm³/mol. The highest BCUT2D eigenvalue weighted by Gasteiger charge is 2.02. The second kappa shape index (κ2) is 5.23. The number of ether oxygens (including phenoxy) is 1. The molecule has 2 N–H and O–H groups in total. The number of nitrogens with one attached hydrogen (secondary N) is 1. The summed E-state index contributed by atoms with van der Waals surface area (Å²) in [6, 6.07) is 0. The molecule has 0 unspecified atom stereocenters. The van der Waals surface area contributed by atoms with Gasteiger partial charge in [0.2, 0.25) is 0 Å². The lowest BCUT2D eigenvalue weighted by atomic mass is 10.4. The monoisotopic (exact) mass is 199 g/mol. The van der Waals surface area contributed by atoms with E-state index in [1.165, 1.54) is 0 Å². The average molecular weight is 199 g/mol. The van der Waals surface area contributed by atoms with Gasteiger partial charge in [0, 0.05) is 19.9 Å². The van der Waals surface area contributed by atoms with E-state index in [-0.39, 0.29) is 6.54 Å². The lowest BCUT2D eigenvalue weighted by molar-refractivity contribution is 0.185. The normalized spacial score (nSPS) is 10.1. The third kappa shape index (κ3) is 3.06. The van der Waals surface area contributed by atoms with E-state index < -0.39 is 6.09 Å². The van der Waals surface area contributed by atoms with E-state index in [9.17, 15) is 4.79 Å². The maximum absolute atomic E-state index is 10.3. The van der Waals surface area contributed by atoms with Crippen molar-refractivity contribution in [1.29, 1.82) is 0 Å². The van der Waals surface area contributed by atoms with Gasteiger partial charge in [-0.1, -0.05) is 0 Å². The van der Waals surface area contributed by atoms with Crippen molar-refractivity contribution in [3.8, 4) is 0 Å². The van der Waals surface area contributed by atoms with Gasteiger partial charge in [-0.2, -0.15) is 0 Å². The fourth-order valence-electron chi connectivity index (χ4n) is 1.05. The van der Waals surface area contributed by atoms with E-state index in [1.807, 2.05) is 4.57 Å². The first-order valence-electron chi connectivity index (χ1n) is 4.18. The highest BCUT2D eigenvalue weighted by Crippen LogP contribution is 1.98. The van der Waals surface area contributed by atoms with E-state index in [2.05, 4.69) is 10.3 Å². The van der Waals surface area contributed by atoms with Gasteiger partial charge in [-0.25, -0.2) is 9.78 Å². The summed E-state index contributed by atoms with van der Waals surface area (Å²) in [7, 11) is 1.62. The average Bonchev–Trinajstić information content (AvgIpc) is 2.58. The Morgan fingerprint density at radius 1 is 1.79 bits per heavy atom. The molecule has 0 fully saturated rings. The Labute approximate surface area is 81.5 Å². The van der Waals surface area contributed by atoms with Crippen molar-refractivity contribution in [1.82, 2.24) is 14.9 Å². The fraction of sp³-hybridized carbons (Fsp3) is 0.500. The number of carbonyl (C=O) groups is 1. The standard InChI is InChI=1S/C8H13N3O3/c1-14-3-2-11-6-9-4-7(11)5-10-8(12)13/h4,6,10H,2-3,5H2,1H3,(H,12,13). The number of aromatic nitrogens is 2. The Morgan fingerprint density at radius 2 is 2.57 bits per heavy atom. The summed E-state index contributed by atoms with van der Waals surface area (Å²) in [5, 5.41) is 10.7. The SMILES string of the molecule is COCCn1cncc1CNC(=O)O. The van der Waals surface area contributed by atoms with Gasteiger partial charge in [0.15, 0.2) is 0 Å². The number of amides is 1. The summed E-state index contributed by atoms with van der Waals surface area (Å²) in [5.74, 6) is 0. The first-order chi connectivity index (χ1) is 6.74. The van der Waals surface area contributed by atoms with Gasteiger partial charge in [-0.05, 0) is 0 Å². The molecule has 14 heavy (non-hydrogen) atoms. The van der Waals surface area contributed by atoms with Crippen molar-refractivity contribution < 1.29 is 14.6 Å². The molecule has 78 valence electrons. The second-order valence-corrected chi connectivity index (χ2v) is 2.73. The molecule has 0 spiro atoms. The van der Waals surface area contributed by atoms with Crippen molar-refractivity contribution in [2.75, 3.05) is 13.7 Å². The molecule has 0 aliphatic carbocycles. The molecular formula is C8H13N3O3. The Balaban J connectivity index is 2.49. The van der Waals surface area contributed by atoms with E-state index in [0.717, 1.165) is 5.69 Å². The molecule has 0 bridgehead atoms. The van der Waals surface area contributed by atoms with E-state index >= 15 is 0 Å². The Bertz CT molecular complexity index is 298. The number of hydrogen-bond acceptors (Lipinski definition) is 3. The lowest BCUT2D eigenvalue weighted by Crippen LogP contribution is -2.22. The van der Waals surface area contributed by atoms with Crippen LogP contribution < -0.4 is 5.32 Å². The third-order valence-electron chi connectivity index (χ3n) is 1.76. The molecule has 0 atom stereocenters. The molecule has 0 aromatic carbocycles. The molecule has 6 nitrogen and oxygen atoms in total. The summed E-state index contributed by atoms with van der Waals surface area (Å²) in [6.07, 6.45) is 2.24. The van der Waals surface area contributed by atoms with E-state index in [0.29, 0.717) is 13.2 Å². The number of carboxylic acid groups (broad SMARTS) is 1. The van der Waals surface area contributed by atoms with Crippen molar-refractivity contribution in [2.24, 2.45) is 0 Å². The maximum atomic E-state index is 10.3. The Kier molecular flexibility index (Phi) is 3.93. The zero-order valence-corrected chi connectivity index (χ0v) is 7.93. The van der Waals surface area contributed by atoms with Crippen molar-refractivity contribution in [2.45, 2.75) is 13.1 Å². The highest BCUT2D eigenvalue weighted by atomic mass is 16.5. The lowest BCUT2D eigenvalue weighted by Gasteiger charge is -2.06. The second-order valence-electron chi connectivity index (χ2n) is 2.73. The largest absolute Gasteiger partial charge is 0.465 e. The van der Waals surface area contributed by atoms with Crippen LogP contribution in [0.15, 0.2) is 12.5 Å². The Hall–Kier alpha value is -1.56. The van der Waals surface area contributed by atoms with Gasteiger partial charge in [0.25, 0.3) is 0 Å².